The van der Waals surface area contributed by atoms with E-state index in [9.17, 15) is 9.59 Å². The molecular formula is C24H24ClN5O2. The normalized spacial score (nSPS) is 15.8. The van der Waals surface area contributed by atoms with Gasteiger partial charge in [0.1, 0.15) is 0 Å². The second kappa shape index (κ2) is 7.98. The molecule has 7 nitrogen and oxygen atoms in total. The fourth-order valence-corrected chi connectivity index (χ4v) is 4.71. The van der Waals surface area contributed by atoms with Crippen molar-refractivity contribution in [3.05, 3.63) is 91.6 Å². The molecule has 1 aliphatic heterocycles. The van der Waals surface area contributed by atoms with Gasteiger partial charge in [-0.3, -0.25) is 13.9 Å². The number of benzene rings is 2. The number of aryl methyl sites for hydroxylation is 1. The highest BCUT2D eigenvalue weighted by Gasteiger charge is 2.29. The minimum atomic E-state index is -0.388. The summed E-state index contributed by atoms with van der Waals surface area (Å²) in [5.74, 6) is 1.07. The molecule has 1 atom stereocenters. The van der Waals surface area contributed by atoms with Crippen LogP contribution in [0.4, 0.5) is 5.95 Å². The summed E-state index contributed by atoms with van der Waals surface area (Å²) in [4.78, 5) is 33.6. The zero-order valence-electron chi connectivity index (χ0n) is 18.0. The molecule has 5 rings (SSSR count). The summed E-state index contributed by atoms with van der Waals surface area (Å²) in [7, 11) is 1.67. The fourth-order valence-electron chi connectivity index (χ4n) is 4.50. The van der Waals surface area contributed by atoms with Crippen LogP contribution >= 0.6 is 11.6 Å². The van der Waals surface area contributed by atoms with Crippen molar-refractivity contribution in [2.24, 2.45) is 13.0 Å². The predicted molar refractivity (Wildman–Crippen MR) is 126 cm³/mol. The summed E-state index contributed by atoms with van der Waals surface area (Å²) in [5, 5.41) is 0.570. The van der Waals surface area contributed by atoms with Crippen LogP contribution in [0.3, 0.4) is 0 Å². The van der Waals surface area contributed by atoms with E-state index in [-0.39, 0.29) is 17.8 Å². The summed E-state index contributed by atoms with van der Waals surface area (Å²) in [6, 6.07) is 17.4. The summed E-state index contributed by atoms with van der Waals surface area (Å²) in [6.45, 7) is 4.54. The van der Waals surface area contributed by atoms with E-state index in [1.165, 1.54) is 14.7 Å². The van der Waals surface area contributed by atoms with Gasteiger partial charge in [-0.1, -0.05) is 61.0 Å². The molecule has 1 aliphatic rings. The first kappa shape index (κ1) is 20.6. The summed E-state index contributed by atoms with van der Waals surface area (Å²) >= 11 is 6.10. The van der Waals surface area contributed by atoms with Crippen LogP contribution in [0.15, 0.2) is 64.2 Å². The lowest BCUT2D eigenvalue weighted by atomic mass is 10.1. The quantitative estimate of drug-likeness (QED) is 0.479. The van der Waals surface area contributed by atoms with Gasteiger partial charge in [-0.05, 0) is 29.2 Å². The Morgan fingerprint density at radius 2 is 1.75 bits per heavy atom. The third-order valence-electron chi connectivity index (χ3n) is 5.97. The van der Waals surface area contributed by atoms with Crippen molar-refractivity contribution in [3.63, 3.8) is 0 Å². The number of aromatic nitrogens is 4. The molecule has 3 heterocycles. The van der Waals surface area contributed by atoms with Crippen LogP contribution in [0, 0.1) is 5.92 Å². The van der Waals surface area contributed by atoms with Gasteiger partial charge >= 0.3 is 5.69 Å². The van der Waals surface area contributed by atoms with Gasteiger partial charge in [-0.25, -0.2) is 4.79 Å². The molecule has 0 radical (unpaired) electrons. The number of halogens is 1. The number of fused-ring (bicyclic) bond motifs is 3. The molecule has 0 fully saturated rings. The monoisotopic (exact) mass is 449 g/mol. The second-order valence-corrected chi connectivity index (χ2v) is 8.97. The van der Waals surface area contributed by atoms with E-state index >= 15 is 0 Å². The topological polar surface area (TPSA) is 65.1 Å². The van der Waals surface area contributed by atoms with Crippen LogP contribution in [-0.2, 0) is 26.7 Å². The molecule has 0 N–H and O–H groups in total. The van der Waals surface area contributed by atoms with Gasteiger partial charge in [0.25, 0.3) is 5.56 Å². The van der Waals surface area contributed by atoms with Crippen molar-refractivity contribution < 1.29 is 0 Å². The number of rotatable bonds is 4. The maximum atomic E-state index is 13.5. The van der Waals surface area contributed by atoms with Gasteiger partial charge in [-0.15, -0.1) is 0 Å². The molecule has 4 aromatic rings. The number of anilines is 1. The Bertz CT molecular complexity index is 1420. The number of hydrogen-bond donors (Lipinski definition) is 0. The van der Waals surface area contributed by atoms with E-state index in [0.29, 0.717) is 35.2 Å². The Morgan fingerprint density at radius 3 is 2.50 bits per heavy atom. The molecule has 0 saturated carbocycles. The molecule has 0 saturated heterocycles. The Morgan fingerprint density at radius 1 is 1.00 bits per heavy atom. The zero-order chi connectivity index (χ0) is 22.4. The molecular weight excluding hydrogens is 426 g/mol. The zero-order valence-corrected chi connectivity index (χ0v) is 18.8. The maximum Gasteiger partial charge on any atom is 0.332 e. The van der Waals surface area contributed by atoms with Crippen LogP contribution in [0.2, 0.25) is 5.02 Å². The lowest BCUT2D eigenvalue weighted by molar-refractivity contribution is 0.435. The third kappa shape index (κ3) is 3.52. The average Bonchev–Trinajstić information content (AvgIpc) is 3.16. The predicted octanol–water partition coefficient (Wildman–Crippen LogP) is 3.25. The van der Waals surface area contributed by atoms with E-state index in [4.69, 9.17) is 16.6 Å². The van der Waals surface area contributed by atoms with Crippen molar-refractivity contribution in [2.45, 2.75) is 26.6 Å². The summed E-state index contributed by atoms with van der Waals surface area (Å²) in [6.07, 6.45) is 0. The van der Waals surface area contributed by atoms with Crippen molar-refractivity contribution >= 4 is 28.7 Å². The molecule has 0 amide bonds. The molecule has 164 valence electrons. The first-order valence-electron chi connectivity index (χ1n) is 10.7. The Labute approximate surface area is 190 Å². The Hall–Kier alpha value is -3.32. The average molecular weight is 450 g/mol. The largest absolute Gasteiger partial charge is 0.338 e. The van der Waals surface area contributed by atoms with Crippen LogP contribution in [-0.4, -0.2) is 25.2 Å². The van der Waals surface area contributed by atoms with Gasteiger partial charge < -0.3 is 9.47 Å². The van der Waals surface area contributed by atoms with E-state index in [2.05, 4.69) is 24.0 Å². The van der Waals surface area contributed by atoms with Crippen LogP contribution in [0.1, 0.15) is 18.1 Å². The van der Waals surface area contributed by atoms with E-state index in [1.807, 2.05) is 34.9 Å². The Balaban J connectivity index is 1.66. The van der Waals surface area contributed by atoms with Gasteiger partial charge in [0.05, 0.1) is 6.54 Å². The van der Waals surface area contributed by atoms with Crippen LogP contribution < -0.4 is 16.1 Å². The summed E-state index contributed by atoms with van der Waals surface area (Å²) < 4.78 is 4.71. The van der Waals surface area contributed by atoms with Crippen LogP contribution in [0.25, 0.3) is 11.2 Å². The molecule has 2 aromatic carbocycles. The first-order chi connectivity index (χ1) is 15.4. The van der Waals surface area contributed by atoms with Crippen molar-refractivity contribution in [1.29, 1.82) is 0 Å². The van der Waals surface area contributed by atoms with Crippen molar-refractivity contribution in [2.75, 3.05) is 11.4 Å². The third-order valence-corrected chi connectivity index (χ3v) is 6.20. The van der Waals surface area contributed by atoms with E-state index < -0.39 is 0 Å². The highest BCUT2D eigenvalue weighted by Crippen LogP contribution is 2.28. The first-order valence-corrected chi connectivity index (χ1v) is 11.0. The van der Waals surface area contributed by atoms with Crippen molar-refractivity contribution in [3.8, 4) is 0 Å². The van der Waals surface area contributed by atoms with Crippen LogP contribution in [0.5, 0.6) is 0 Å². The van der Waals surface area contributed by atoms with E-state index in [0.717, 1.165) is 18.1 Å². The number of nitrogens with zero attached hydrogens (tertiary/aromatic N) is 5. The molecule has 0 spiro atoms. The highest BCUT2D eigenvalue weighted by molar-refractivity contribution is 6.30. The molecule has 0 unspecified atom stereocenters. The maximum absolute atomic E-state index is 13.5. The Kier molecular flexibility index (Phi) is 5.13. The molecule has 2 aromatic heterocycles. The SMILES string of the molecule is C[C@@H]1CN(Cc2ccccc2)c2nc3c(c(=O)n(Cc4cccc(Cl)c4)c(=O)n3C)n2C1. The molecule has 0 aliphatic carbocycles. The molecule has 0 bridgehead atoms. The van der Waals surface area contributed by atoms with Gasteiger partial charge in [0.15, 0.2) is 11.2 Å². The summed E-state index contributed by atoms with van der Waals surface area (Å²) in [5.41, 5.74) is 2.15. The fraction of sp³-hybridized carbons (Fsp3) is 0.292. The molecule has 8 heteroatoms. The minimum Gasteiger partial charge on any atom is -0.338 e. The standard InChI is InChI=1S/C24H24ClN5O2/c1-16-12-28(14-17-7-4-3-5-8-17)23-26-21-20(29(23)13-16)22(31)30(24(32)27(21)2)15-18-9-6-10-19(25)11-18/h3-11,16H,12-15H2,1-2H3/t16-/m1/s1. The van der Waals surface area contributed by atoms with Gasteiger partial charge in [0, 0.05) is 31.7 Å². The smallest absolute Gasteiger partial charge is 0.332 e. The second-order valence-electron chi connectivity index (χ2n) is 8.53. The van der Waals surface area contributed by atoms with Gasteiger partial charge in [0.2, 0.25) is 5.95 Å². The lowest BCUT2D eigenvalue weighted by Gasteiger charge is -2.33. The lowest BCUT2D eigenvalue weighted by Crippen LogP contribution is -2.41. The van der Waals surface area contributed by atoms with Gasteiger partial charge in [-0.2, -0.15) is 4.98 Å². The molecule has 32 heavy (non-hydrogen) atoms. The number of imidazole rings is 1. The van der Waals surface area contributed by atoms with E-state index in [1.54, 1.807) is 19.2 Å². The van der Waals surface area contributed by atoms with Crippen molar-refractivity contribution in [1.82, 2.24) is 18.7 Å². The highest BCUT2D eigenvalue weighted by atomic mass is 35.5. The minimum absolute atomic E-state index is 0.159. The number of hydrogen-bond acceptors (Lipinski definition) is 4.